The Hall–Kier alpha value is -0.370. The van der Waals surface area contributed by atoms with Gasteiger partial charge in [0.1, 0.15) is 5.60 Å². The van der Waals surface area contributed by atoms with E-state index in [0.29, 0.717) is 0 Å². The first kappa shape index (κ1) is 13.6. The second-order valence-electron chi connectivity index (χ2n) is 5.71. The zero-order valence-corrected chi connectivity index (χ0v) is 10.5. The van der Waals surface area contributed by atoms with Crippen LogP contribution in [-0.4, -0.2) is 16.5 Å². The lowest BCUT2D eigenvalue weighted by molar-refractivity contribution is -0.156. The first-order chi connectivity index (χ1) is 6.04. The molecule has 0 aliphatic heterocycles. The van der Waals surface area contributed by atoms with Crippen LogP contribution in [-0.2, 0) is 4.79 Å². The monoisotopic (exact) mass is 200 g/mol. The summed E-state index contributed by atoms with van der Waals surface area (Å²) < 4.78 is 0. The van der Waals surface area contributed by atoms with Crippen molar-refractivity contribution < 1.29 is 9.90 Å². The quantitative estimate of drug-likeness (QED) is 0.760. The van der Waals surface area contributed by atoms with E-state index in [1.807, 2.05) is 48.5 Å². The number of carbonyl (C=O) groups excluding carboxylic acids is 1. The summed E-state index contributed by atoms with van der Waals surface area (Å²) in [6.07, 6.45) is 0. The van der Waals surface area contributed by atoms with Crippen molar-refractivity contribution in [1.29, 1.82) is 0 Å². The van der Waals surface area contributed by atoms with E-state index in [-0.39, 0.29) is 17.6 Å². The molecule has 0 rings (SSSR count). The third kappa shape index (κ3) is 2.35. The van der Waals surface area contributed by atoms with Crippen LogP contribution in [0.5, 0.6) is 0 Å². The lowest BCUT2D eigenvalue weighted by atomic mass is 9.69. The molecule has 0 saturated heterocycles. The third-order valence-electron chi connectivity index (χ3n) is 2.81. The minimum absolute atomic E-state index is 0.0470. The first-order valence-corrected chi connectivity index (χ1v) is 5.31. The molecule has 0 aromatic rings. The number of aliphatic hydroxyl groups is 1. The Morgan fingerprint density at radius 2 is 1.29 bits per heavy atom. The molecule has 0 heterocycles. The van der Waals surface area contributed by atoms with Crippen LogP contribution in [0, 0.1) is 17.3 Å². The van der Waals surface area contributed by atoms with Crippen LogP contribution in [0.1, 0.15) is 48.5 Å². The summed E-state index contributed by atoms with van der Waals surface area (Å²) in [7, 11) is 0. The SMILES string of the molecule is CC(C)C(O)(C(=O)C(C)(C)C)C(C)C. The first-order valence-electron chi connectivity index (χ1n) is 5.31. The van der Waals surface area contributed by atoms with Gasteiger partial charge in [-0.25, -0.2) is 0 Å². The van der Waals surface area contributed by atoms with E-state index >= 15 is 0 Å². The van der Waals surface area contributed by atoms with Gasteiger partial charge in [0.15, 0.2) is 5.78 Å². The molecule has 2 nitrogen and oxygen atoms in total. The summed E-state index contributed by atoms with van der Waals surface area (Å²) in [6.45, 7) is 13.1. The summed E-state index contributed by atoms with van der Waals surface area (Å²) >= 11 is 0. The molecule has 0 amide bonds. The van der Waals surface area contributed by atoms with Gasteiger partial charge in [-0.05, 0) is 11.8 Å². The molecule has 0 atom stereocenters. The Labute approximate surface area is 87.7 Å². The Balaban J connectivity index is 5.15. The van der Waals surface area contributed by atoms with Gasteiger partial charge >= 0.3 is 0 Å². The minimum Gasteiger partial charge on any atom is -0.382 e. The second-order valence-corrected chi connectivity index (χ2v) is 5.71. The number of hydrogen-bond acceptors (Lipinski definition) is 2. The van der Waals surface area contributed by atoms with Crippen molar-refractivity contribution in [2.45, 2.75) is 54.1 Å². The van der Waals surface area contributed by atoms with Crippen LogP contribution in [0.2, 0.25) is 0 Å². The fourth-order valence-electron chi connectivity index (χ4n) is 1.79. The topological polar surface area (TPSA) is 37.3 Å². The van der Waals surface area contributed by atoms with Gasteiger partial charge in [0.25, 0.3) is 0 Å². The maximum atomic E-state index is 12.1. The molecule has 0 aliphatic rings. The Morgan fingerprint density at radius 3 is 1.36 bits per heavy atom. The number of Topliss-reactive ketones (excluding diaryl/α,β-unsaturated/α-hetero) is 1. The number of carbonyl (C=O) groups is 1. The van der Waals surface area contributed by atoms with E-state index < -0.39 is 11.0 Å². The Morgan fingerprint density at radius 1 is 1.00 bits per heavy atom. The zero-order chi connectivity index (χ0) is 11.7. The molecule has 0 fully saturated rings. The highest BCUT2D eigenvalue weighted by molar-refractivity contribution is 5.92. The molecule has 84 valence electrons. The molecular weight excluding hydrogens is 176 g/mol. The van der Waals surface area contributed by atoms with Crippen LogP contribution >= 0.6 is 0 Å². The summed E-state index contributed by atoms with van der Waals surface area (Å²) in [5.74, 6) is -0.154. The fourth-order valence-corrected chi connectivity index (χ4v) is 1.79. The van der Waals surface area contributed by atoms with Crippen LogP contribution in [0.4, 0.5) is 0 Å². The average molecular weight is 200 g/mol. The summed E-state index contributed by atoms with van der Waals surface area (Å²) in [6, 6.07) is 0. The van der Waals surface area contributed by atoms with Crippen molar-refractivity contribution in [2.75, 3.05) is 0 Å². The van der Waals surface area contributed by atoms with E-state index in [9.17, 15) is 9.90 Å². The zero-order valence-electron chi connectivity index (χ0n) is 10.5. The molecule has 0 radical (unpaired) electrons. The molecule has 0 spiro atoms. The van der Waals surface area contributed by atoms with Crippen molar-refractivity contribution in [3.05, 3.63) is 0 Å². The van der Waals surface area contributed by atoms with Gasteiger partial charge in [-0.1, -0.05) is 48.5 Å². The van der Waals surface area contributed by atoms with Crippen LogP contribution in [0.25, 0.3) is 0 Å². The number of rotatable bonds is 3. The summed E-state index contributed by atoms with van der Waals surface area (Å²) in [4.78, 5) is 12.1. The lowest BCUT2D eigenvalue weighted by Gasteiger charge is -2.39. The molecule has 0 aromatic carbocycles. The Kier molecular flexibility index (Phi) is 3.91. The fraction of sp³-hybridized carbons (Fsp3) is 0.917. The van der Waals surface area contributed by atoms with Gasteiger partial charge < -0.3 is 5.11 Å². The molecule has 14 heavy (non-hydrogen) atoms. The molecule has 0 unspecified atom stereocenters. The molecule has 2 heteroatoms. The minimum atomic E-state index is -1.20. The third-order valence-corrected chi connectivity index (χ3v) is 2.81. The van der Waals surface area contributed by atoms with Crippen LogP contribution in [0.3, 0.4) is 0 Å². The molecular formula is C12H24O2. The molecule has 0 saturated carbocycles. The highest BCUT2D eigenvalue weighted by Gasteiger charge is 2.46. The molecule has 0 bridgehead atoms. The van der Waals surface area contributed by atoms with Gasteiger partial charge in [0.2, 0.25) is 0 Å². The molecule has 0 aromatic heterocycles. The summed E-state index contributed by atoms with van der Waals surface area (Å²) in [5.41, 5.74) is -1.68. The predicted octanol–water partition coefficient (Wildman–Crippen LogP) is 2.64. The van der Waals surface area contributed by atoms with E-state index in [0.717, 1.165) is 0 Å². The maximum absolute atomic E-state index is 12.1. The lowest BCUT2D eigenvalue weighted by Crippen LogP contribution is -2.53. The maximum Gasteiger partial charge on any atom is 0.170 e. The van der Waals surface area contributed by atoms with E-state index in [1.54, 1.807) is 0 Å². The van der Waals surface area contributed by atoms with Crippen molar-refractivity contribution in [2.24, 2.45) is 17.3 Å². The van der Waals surface area contributed by atoms with Crippen molar-refractivity contribution in [3.8, 4) is 0 Å². The number of hydrogen-bond donors (Lipinski definition) is 1. The highest BCUT2D eigenvalue weighted by Crippen LogP contribution is 2.34. The van der Waals surface area contributed by atoms with Gasteiger partial charge in [0.05, 0.1) is 0 Å². The van der Waals surface area contributed by atoms with Crippen molar-refractivity contribution in [3.63, 3.8) is 0 Å². The van der Waals surface area contributed by atoms with Crippen LogP contribution in [0.15, 0.2) is 0 Å². The highest BCUT2D eigenvalue weighted by atomic mass is 16.3. The largest absolute Gasteiger partial charge is 0.382 e. The van der Waals surface area contributed by atoms with Gasteiger partial charge in [-0.2, -0.15) is 0 Å². The van der Waals surface area contributed by atoms with Gasteiger partial charge in [0, 0.05) is 5.41 Å². The van der Waals surface area contributed by atoms with Crippen molar-refractivity contribution >= 4 is 5.78 Å². The van der Waals surface area contributed by atoms with Gasteiger partial charge in [-0.3, -0.25) is 4.79 Å². The molecule has 0 aliphatic carbocycles. The number of ketones is 1. The van der Waals surface area contributed by atoms with Gasteiger partial charge in [-0.15, -0.1) is 0 Å². The van der Waals surface area contributed by atoms with E-state index in [1.165, 1.54) is 0 Å². The Bertz CT molecular complexity index is 201. The van der Waals surface area contributed by atoms with E-state index in [2.05, 4.69) is 0 Å². The smallest absolute Gasteiger partial charge is 0.170 e. The average Bonchev–Trinajstić information content (AvgIpc) is 1.99. The normalized spacial score (nSPS) is 13.9. The predicted molar refractivity (Wildman–Crippen MR) is 59.1 cm³/mol. The summed E-state index contributed by atoms with van der Waals surface area (Å²) in [5, 5.41) is 10.4. The second kappa shape index (κ2) is 4.01. The molecule has 1 N–H and O–H groups in total. The van der Waals surface area contributed by atoms with Crippen LogP contribution < -0.4 is 0 Å². The van der Waals surface area contributed by atoms with E-state index in [4.69, 9.17) is 0 Å². The standard InChI is InChI=1S/C12H24O2/c1-8(2)12(14,9(3)4)10(13)11(5,6)7/h8-9,14H,1-7H3. The van der Waals surface area contributed by atoms with Crippen molar-refractivity contribution in [1.82, 2.24) is 0 Å².